The lowest BCUT2D eigenvalue weighted by molar-refractivity contribution is -0.140. The van der Waals surface area contributed by atoms with E-state index in [1.165, 1.54) is 6.92 Å². The number of rotatable bonds is 4. The molecule has 0 aliphatic rings. The molecule has 0 saturated carbocycles. The van der Waals surface area contributed by atoms with E-state index >= 15 is 0 Å². The number of H-pyrrole nitrogens is 1. The number of amides is 1. The van der Waals surface area contributed by atoms with Crippen molar-refractivity contribution in [1.29, 1.82) is 0 Å². The van der Waals surface area contributed by atoms with Crippen molar-refractivity contribution in [3.05, 3.63) is 87.6 Å². The molecule has 0 aliphatic carbocycles. The molecule has 0 radical (unpaired) electrons. The van der Waals surface area contributed by atoms with E-state index in [1.807, 2.05) is 0 Å². The Balaban J connectivity index is 1.83. The Morgan fingerprint density at radius 2 is 1.79 bits per heavy atom. The van der Waals surface area contributed by atoms with Crippen LogP contribution in [0.3, 0.4) is 0 Å². The number of aromatic amines is 1. The number of halogens is 4. The van der Waals surface area contributed by atoms with E-state index in [4.69, 9.17) is 0 Å². The van der Waals surface area contributed by atoms with Crippen LogP contribution >= 0.6 is 0 Å². The predicted molar refractivity (Wildman–Crippen MR) is 97.6 cm³/mol. The van der Waals surface area contributed by atoms with Crippen molar-refractivity contribution in [2.45, 2.75) is 19.1 Å². The second-order valence-electron chi connectivity index (χ2n) is 6.28. The highest BCUT2D eigenvalue weighted by Gasteiger charge is 2.34. The third-order valence-electron chi connectivity index (χ3n) is 4.17. The summed E-state index contributed by atoms with van der Waals surface area (Å²) in [7, 11) is 0. The zero-order valence-electron chi connectivity index (χ0n) is 15.0. The highest BCUT2D eigenvalue weighted by molar-refractivity contribution is 5.92. The number of nitrogens with zero attached hydrogens (tertiary/aromatic N) is 1. The van der Waals surface area contributed by atoms with Gasteiger partial charge in [-0.15, -0.1) is 0 Å². The molecule has 0 fully saturated rings. The number of hydrogen-bond acceptors (Lipinski definition) is 3. The minimum absolute atomic E-state index is 0.136. The van der Waals surface area contributed by atoms with E-state index in [0.29, 0.717) is 17.7 Å². The normalized spacial score (nSPS) is 12.4. The molecular weight excluding hydrogens is 390 g/mol. The van der Waals surface area contributed by atoms with E-state index in [1.54, 1.807) is 30.3 Å². The van der Waals surface area contributed by atoms with Crippen molar-refractivity contribution in [2.24, 2.45) is 0 Å². The van der Waals surface area contributed by atoms with Crippen LogP contribution in [0.25, 0.3) is 11.4 Å². The summed E-state index contributed by atoms with van der Waals surface area (Å²) in [4.78, 5) is 31.0. The van der Waals surface area contributed by atoms with Crippen LogP contribution in [0.15, 0.2) is 59.4 Å². The maximum atomic E-state index is 13.8. The van der Waals surface area contributed by atoms with Gasteiger partial charge < -0.3 is 10.3 Å². The number of aromatic nitrogens is 2. The minimum Gasteiger partial charge on any atom is -0.344 e. The van der Waals surface area contributed by atoms with E-state index < -0.39 is 35.1 Å². The largest absolute Gasteiger partial charge is 0.419 e. The van der Waals surface area contributed by atoms with Gasteiger partial charge in [0.1, 0.15) is 17.3 Å². The Morgan fingerprint density at radius 3 is 2.41 bits per heavy atom. The molecule has 5 nitrogen and oxygen atoms in total. The Morgan fingerprint density at radius 1 is 1.10 bits per heavy atom. The van der Waals surface area contributed by atoms with Crippen LogP contribution in [-0.2, 0) is 6.18 Å². The summed E-state index contributed by atoms with van der Waals surface area (Å²) in [6.07, 6.45) is -4.81. The summed E-state index contributed by atoms with van der Waals surface area (Å²) < 4.78 is 51.8. The molecule has 3 aromatic rings. The molecule has 0 spiro atoms. The van der Waals surface area contributed by atoms with Crippen molar-refractivity contribution in [2.75, 3.05) is 0 Å². The molecule has 0 aliphatic heterocycles. The smallest absolute Gasteiger partial charge is 0.344 e. The lowest BCUT2D eigenvalue weighted by Gasteiger charge is -2.16. The second-order valence-corrected chi connectivity index (χ2v) is 6.28. The zero-order chi connectivity index (χ0) is 21.2. The summed E-state index contributed by atoms with van der Waals surface area (Å²) in [5.74, 6) is -1.96. The zero-order valence-corrected chi connectivity index (χ0v) is 15.0. The summed E-state index contributed by atoms with van der Waals surface area (Å²) in [6.45, 7) is 1.48. The molecule has 2 N–H and O–H groups in total. The van der Waals surface area contributed by atoms with Crippen LogP contribution in [0.1, 0.15) is 34.6 Å². The van der Waals surface area contributed by atoms with Crippen LogP contribution in [0, 0.1) is 5.82 Å². The van der Waals surface area contributed by atoms with Gasteiger partial charge in [0.25, 0.3) is 11.5 Å². The second kappa shape index (κ2) is 7.86. The van der Waals surface area contributed by atoms with E-state index in [2.05, 4.69) is 15.3 Å². The van der Waals surface area contributed by atoms with Gasteiger partial charge in [0.2, 0.25) is 0 Å². The van der Waals surface area contributed by atoms with Crippen LogP contribution in [0.2, 0.25) is 0 Å². The van der Waals surface area contributed by atoms with Crippen molar-refractivity contribution in [3.8, 4) is 11.4 Å². The van der Waals surface area contributed by atoms with Crippen LogP contribution < -0.4 is 10.9 Å². The Hall–Kier alpha value is -3.49. The monoisotopic (exact) mass is 405 g/mol. The number of benzene rings is 2. The quantitative estimate of drug-likeness (QED) is 0.642. The third-order valence-corrected chi connectivity index (χ3v) is 4.17. The number of nitrogens with one attached hydrogen (secondary N) is 2. The standard InChI is InChI=1S/C20H15F4N3O2/c1-11(13-7-8-14(15(21)9-13)20(22,23)24)25-19(29)16-10-17(28)27-18(26-16)12-5-3-2-4-6-12/h2-11H,1H3,(H,25,29)(H,26,27,28). The van der Waals surface area contributed by atoms with Gasteiger partial charge in [-0.3, -0.25) is 9.59 Å². The topological polar surface area (TPSA) is 74.8 Å². The van der Waals surface area contributed by atoms with Gasteiger partial charge >= 0.3 is 6.18 Å². The Kier molecular flexibility index (Phi) is 5.49. The number of hydrogen-bond donors (Lipinski definition) is 2. The molecule has 9 heteroatoms. The fourth-order valence-corrected chi connectivity index (χ4v) is 2.69. The van der Waals surface area contributed by atoms with Crippen LogP contribution in [0.5, 0.6) is 0 Å². The van der Waals surface area contributed by atoms with Crippen molar-refractivity contribution in [3.63, 3.8) is 0 Å². The third kappa shape index (κ3) is 4.68. The fourth-order valence-electron chi connectivity index (χ4n) is 2.69. The SMILES string of the molecule is CC(NC(=O)c1cc(=O)[nH]c(-c2ccccc2)n1)c1ccc(C(F)(F)F)c(F)c1. The van der Waals surface area contributed by atoms with Gasteiger partial charge in [0, 0.05) is 11.6 Å². The molecule has 1 heterocycles. The van der Waals surface area contributed by atoms with Gasteiger partial charge in [-0.25, -0.2) is 9.37 Å². The van der Waals surface area contributed by atoms with E-state index in [-0.39, 0.29) is 17.1 Å². The first-order valence-electron chi connectivity index (χ1n) is 8.49. The molecule has 29 heavy (non-hydrogen) atoms. The predicted octanol–water partition coefficient (Wildman–Crippen LogP) is 4.09. The van der Waals surface area contributed by atoms with Gasteiger partial charge in [-0.05, 0) is 24.6 Å². The maximum absolute atomic E-state index is 13.8. The van der Waals surface area contributed by atoms with Gasteiger partial charge in [-0.1, -0.05) is 36.4 Å². The summed E-state index contributed by atoms with van der Waals surface area (Å²) in [5.41, 5.74) is -1.37. The average Bonchev–Trinajstić information content (AvgIpc) is 2.67. The molecule has 3 rings (SSSR count). The molecule has 1 unspecified atom stereocenters. The number of carbonyl (C=O) groups is 1. The van der Waals surface area contributed by atoms with Gasteiger partial charge in [0.05, 0.1) is 11.6 Å². The molecule has 1 amide bonds. The highest BCUT2D eigenvalue weighted by Crippen LogP contribution is 2.32. The molecular formula is C20H15F4N3O2. The molecule has 1 aromatic heterocycles. The average molecular weight is 405 g/mol. The first kappa shape index (κ1) is 20.2. The van der Waals surface area contributed by atoms with E-state index in [9.17, 15) is 27.2 Å². The summed E-state index contributed by atoms with van der Waals surface area (Å²) >= 11 is 0. The molecule has 150 valence electrons. The minimum atomic E-state index is -4.81. The first-order chi connectivity index (χ1) is 13.6. The van der Waals surface area contributed by atoms with E-state index in [0.717, 1.165) is 12.1 Å². The van der Waals surface area contributed by atoms with Gasteiger partial charge in [0.15, 0.2) is 0 Å². The highest BCUT2D eigenvalue weighted by atomic mass is 19.4. The van der Waals surface area contributed by atoms with Crippen molar-refractivity contribution >= 4 is 5.91 Å². The first-order valence-corrected chi connectivity index (χ1v) is 8.49. The number of alkyl halides is 3. The Labute approximate surface area is 162 Å². The lowest BCUT2D eigenvalue weighted by atomic mass is 10.0. The fraction of sp³-hybridized carbons (Fsp3) is 0.150. The molecule has 0 saturated heterocycles. The summed E-state index contributed by atoms with van der Waals surface area (Å²) in [6, 6.07) is 11.3. The lowest BCUT2D eigenvalue weighted by Crippen LogP contribution is -2.29. The van der Waals surface area contributed by atoms with Gasteiger partial charge in [-0.2, -0.15) is 13.2 Å². The van der Waals surface area contributed by atoms with Crippen molar-refractivity contribution in [1.82, 2.24) is 15.3 Å². The molecule has 0 bridgehead atoms. The maximum Gasteiger partial charge on any atom is 0.419 e. The summed E-state index contributed by atoms with van der Waals surface area (Å²) in [5, 5.41) is 2.50. The van der Waals surface area contributed by atoms with Crippen LogP contribution in [0.4, 0.5) is 17.6 Å². The van der Waals surface area contributed by atoms with Crippen LogP contribution in [-0.4, -0.2) is 15.9 Å². The molecule has 2 aromatic carbocycles. The number of carbonyl (C=O) groups excluding carboxylic acids is 1. The van der Waals surface area contributed by atoms with Crippen molar-refractivity contribution < 1.29 is 22.4 Å². The Bertz CT molecular complexity index is 1090. The molecule has 1 atom stereocenters.